The minimum absolute atomic E-state index is 0.524. The largest absolute Gasteiger partial charge is 0.358 e. The van der Waals surface area contributed by atoms with Gasteiger partial charge in [0.2, 0.25) is 0 Å². The van der Waals surface area contributed by atoms with Gasteiger partial charge in [0.1, 0.15) is 0 Å². The summed E-state index contributed by atoms with van der Waals surface area (Å²) in [5, 5.41) is 1.38. The lowest BCUT2D eigenvalue weighted by molar-refractivity contribution is 0.308. The van der Waals surface area contributed by atoms with E-state index in [1.165, 1.54) is 54.3 Å². The molecule has 1 aromatic carbocycles. The molecule has 1 atom stereocenters. The molecular formula is C17H24N2. The Bertz CT molecular complexity index is 549. The van der Waals surface area contributed by atoms with Gasteiger partial charge in [0.05, 0.1) is 0 Å². The van der Waals surface area contributed by atoms with Gasteiger partial charge in [0.25, 0.3) is 0 Å². The van der Waals surface area contributed by atoms with Gasteiger partial charge in [0, 0.05) is 22.5 Å². The average molecular weight is 256 g/mol. The van der Waals surface area contributed by atoms with E-state index in [0.29, 0.717) is 5.92 Å². The summed E-state index contributed by atoms with van der Waals surface area (Å²) in [6, 6.07) is 8.63. The fourth-order valence-electron chi connectivity index (χ4n) is 3.86. The highest BCUT2D eigenvalue weighted by Crippen LogP contribution is 2.39. The molecule has 0 radical (unpaired) electrons. The van der Waals surface area contributed by atoms with Crippen molar-refractivity contribution in [3.63, 3.8) is 0 Å². The number of aromatic nitrogens is 1. The molecule has 0 spiro atoms. The minimum Gasteiger partial charge on any atom is -0.358 e. The van der Waals surface area contributed by atoms with Crippen LogP contribution in [0.1, 0.15) is 49.3 Å². The summed E-state index contributed by atoms with van der Waals surface area (Å²) in [7, 11) is 0. The van der Waals surface area contributed by atoms with Crippen molar-refractivity contribution in [2.45, 2.75) is 44.9 Å². The van der Waals surface area contributed by atoms with Crippen LogP contribution in [0.5, 0.6) is 0 Å². The first-order valence-electron chi connectivity index (χ1n) is 7.58. The monoisotopic (exact) mass is 256 g/mol. The number of rotatable bonds is 3. The SMILES string of the molecule is Cc1[nH]c2ccccc2c1C(CN)C1CCCCC1. The maximum atomic E-state index is 6.14. The van der Waals surface area contributed by atoms with Crippen molar-refractivity contribution in [3.8, 4) is 0 Å². The Labute approximate surface area is 115 Å². The lowest BCUT2D eigenvalue weighted by Crippen LogP contribution is -2.24. The normalized spacial score (nSPS) is 18.8. The molecule has 2 heteroatoms. The molecule has 2 aromatic rings. The molecule has 1 aliphatic carbocycles. The highest BCUT2D eigenvalue weighted by Gasteiger charge is 2.27. The second kappa shape index (κ2) is 5.38. The fourth-order valence-corrected chi connectivity index (χ4v) is 3.86. The number of fused-ring (bicyclic) bond motifs is 1. The zero-order valence-corrected chi connectivity index (χ0v) is 11.8. The van der Waals surface area contributed by atoms with Gasteiger partial charge in [0.15, 0.2) is 0 Å². The summed E-state index contributed by atoms with van der Waals surface area (Å²) in [5.41, 5.74) is 10.2. The number of nitrogens with one attached hydrogen (secondary N) is 1. The summed E-state index contributed by atoms with van der Waals surface area (Å²) >= 11 is 0. The summed E-state index contributed by atoms with van der Waals surface area (Å²) in [6.07, 6.45) is 6.85. The second-order valence-electron chi connectivity index (χ2n) is 5.95. The topological polar surface area (TPSA) is 41.8 Å². The molecule has 1 aromatic heterocycles. The van der Waals surface area contributed by atoms with Crippen molar-refractivity contribution < 1.29 is 0 Å². The van der Waals surface area contributed by atoms with Crippen LogP contribution in [0.4, 0.5) is 0 Å². The minimum atomic E-state index is 0.524. The smallest absolute Gasteiger partial charge is 0.0458 e. The standard InChI is InChI=1S/C17H24N2/c1-12-17(14-9-5-6-10-16(14)19-12)15(11-18)13-7-3-2-4-8-13/h5-6,9-10,13,15,19H,2-4,7-8,11,18H2,1H3. The first-order chi connectivity index (χ1) is 9.31. The molecule has 0 bridgehead atoms. The van der Waals surface area contributed by atoms with Crippen LogP contribution >= 0.6 is 0 Å². The van der Waals surface area contributed by atoms with Crippen LogP contribution in [0.2, 0.25) is 0 Å². The molecule has 1 unspecified atom stereocenters. The molecule has 0 amide bonds. The Kier molecular flexibility index (Phi) is 3.61. The van der Waals surface area contributed by atoms with Gasteiger partial charge in [-0.05, 0) is 43.9 Å². The first-order valence-corrected chi connectivity index (χ1v) is 7.58. The van der Waals surface area contributed by atoms with Crippen molar-refractivity contribution in [2.75, 3.05) is 6.54 Å². The molecule has 0 aliphatic heterocycles. The van der Waals surface area contributed by atoms with Gasteiger partial charge < -0.3 is 10.7 Å². The number of H-pyrrole nitrogens is 1. The third-order valence-corrected chi connectivity index (χ3v) is 4.79. The molecule has 3 rings (SSSR count). The number of hydrogen-bond donors (Lipinski definition) is 2. The third kappa shape index (κ3) is 2.30. The zero-order valence-electron chi connectivity index (χ0n) is 11.8. The van der Waals surface area contributed by atoms with E-state index in [2.05, 4.69) is 36.2 Å². The Balaban J connectivity index is 2.02. The summed E-state index contributed by atoms with van der Waals surface area (Å²) in [5.74, 6) is 1.30. The van der Waals surface area contributed by atoms with Gasteiger partial charge in [-0.1, -0.05) is 37.5 Å². The van der Waals surface area contributed by atoms with Crippen molar-refractivity contribution in [3.05, 3.63) is 35.5 Å². The van der Waals surface area contributed by atoms with E-state index < -0.39 is 0 Å². The highest BCUT2D eigenvalue weighted by molar-refractivity contribution is 5.85. The summed E-state index contributed by atoms with van der Waals surface area (Å²) in [6.45, 7) is 2.97. The Morgan fingerprint density at radius 2 is 1.95 bits per heavy atom. The van der Waals surface area contributed by atoms with Crippen LogP contribution < -0.4 is 5.73 Å². The van der Waals surface area contributed by atoms with Gasteiger partial charge >= 0.3 is 0 Å². The van der Waals surface area contributed by atoms with Gasteiger partial charge in [-0.2, -0.15) is 0 Å². The molecule has 0 saturated heterocycles. The van der Waals surface area contributed by atoms with E-state index in [0.717, 1.165) is 12.5 Å². The number of para-hydroxylation sites is 1. The zero-order chi connectivity index (χ0) is 13.2. The van der Waals surface area contributed by atoms with Crippen LogP contribution in [0.15, 0.2) is 24.3 Å². The maximum absolute atomic E-state index is 6.14. The van der Waals surface area contributed by atoms with Crippen molar-refractivity contribution in [2.24, 2.45) is 11.7 Å². The lowest BCUT2D eigenvalue weighted by atomic mass is 9.76. The van der Waals surface area contributed by atoms with E-state index in [-0.39, 0.29) is 0 Å². The van der Waals surface area contributed by atoms with Crippen LogP contribution in [0, 0.1) is 12.8 Å². The number of aromatic amines is 1. The molecular weight excluding hydrogens is 232 g/mol. The maximum Gasteiger partial charge on any atom is 0.0458 e. The number of nitrogens with two attached hydrogens (primary N) is 1. The lowest BCUT2D eigenvalue weighted by Gasteiger charge is -2.30. The van der Waals surface area contributed by atoms with Crippen LogP contribution in [0.3, 0.4) is 0 Å². The summed E-state index contributed by atoms with van der Waals surface area (Å²) < 4.78 is 0. The van der Waals surface area contributed by atoms with Gasteiger partial charge in [-0.3, -0.25) is 0 Å². The second-order valence-corrected chi connectivity index (χ2v) is 5.95. The van der Waals surface area contributed by atoms with Gasteiger partial charge in [-0.15, -0.1) is 0 Å². The molecule has 1 saturated carbocycles. The van der Waals surface area contributed by atoms with Crippen LogP contribution in [-0.2, 0) is 0 Å². The third-order valence-electron chi connectivity index (χ3n) is 4.79. The van der Waals surface area contributed by atoms with Crippen LogP contribution in [0.25, 0.3) is 10.9 Å². The molecule has 19 heavy (non-hydrogen) atoms. The first kappa shape index (κ1) is 12.7. The Morgan fingerprint density at radius 3 is 2.68 bits per heavy atom. The van der Waals surface area contributed by atoms with E-state index in [1.54, 1.807) is 0 Å². The van der Waals surface area contributed by atoms with E-state index >= 15 is 0 Å². The molecule has 1 fully saturated rings. The number of hydrogen-bond acceptors (Lipinski definition) is 1. The van der Waals surface area contributed by atoms with Gasteiger partial charge in [-0.25, -0.2) is 0 Å². The fraction of sp³-hybridized carbons (Fsp3) is 0.529. The molecule has 1 aliphatic rings. The molecule has 3 N–H and O–H groups in total. The number of aryl methyl sites for hydroxylation is 1. The summed E-state index contributed by atoms with van der Waals surface area (Å²) in [4.78, 5) is 3.53. The van der Waals surface area contributed by atoms with E-state index in [1.807, 2.05) is 0 Å². The van der Waals surface area contributed by atoms with E-state index in [9.17, 15) is 0 Å². The van der Waals surface area contributed by atoms with Crippen LogP contribution in [-0.4, -0.2) is 11.5 Å². The van der Waals surface area contributed by atoms with E-state index in [4.69, 9.17) is 5.73 Å². The Morgan fingerprint density at radius 1 is 1.21 bits per heavy atom. The molecule has 102 valence electrons. The number of benzene rings is 1. The predicted octanol–water partition coefficient (Wildman–Crippen LogP) is 4.10. The quantitative estimate of drug-likeness (QED) is 0.853. The predicted molar refractivity (Wildman–Crippen MR) is 81.4 cm³/mol. The van der Waals surface area contributed by atoms with Crippen molar-refractivity contribution in [1.29, 1.82) is 0 Å². The highest BCUT2D eigenvalue weighted by atomic mass is 14.7. The van der Waals surface area contributed by atoms with Crippen molar-refractivity contribution in [1.82, 2.24) is 4.98 Å². The molecule has 1 heterocycles. The van der Waals surface area contributed by atoms with Crippen molar-refractivity contribution >= 4 is 10.9 Å². The Hall–Kier alpha value is -1.28. The molecule has 2 nitrogen and oxygen atoms in total. The average Bonchev–Trinajstić information content (AvgIpc) is 2.78.